The van der Waals surface area contributed by atoms with Gasteiger partial charge in [-0.2, -0.15) is 0 Å². The molecule has 1 aromatic rings. The van der Waals surface area contributed by atoms with Crippen LogP contribution in [-0.2, 0) is 10.2 Å². The van der Waals surface area contributed by atoms with Gasteiger partial charge in [0.05, 0.1) is 21.2 Å². The Balaban J connectivity index is 1.95. The van der Waals surface area contributed by atoms with E-state index in [9.17, 15) is 4.79 Å². The Morgan fingerprint density at radius 1 is 1.19 bits per heavy atom. The third kappa shape index (κ3) is 5.41. The van der Waals surface area contributed by atoms with E-state index in [2.05, 4.69) is 25.7 Å². The van der Waals surface area contributed by atoms with Crippen LogP contribution in [0.25, 0.3) is 0 Å². The third-order valence-electron chi connectivity index (χ3n) is 5.31. The molecule has 146 valence electrons. The number of thioether (sulfide) groups is 1. The monoisotopic (exact) mass is 415 g/mol. The summed E-state index contributed by atoms with van der Waals surface area (Å²) in [5.74, 6) is 0.921. The SMILES string of the molecule is CCCN(CCC)CC(C)SCC(=O)C1(c2ccc(Cl)c(Cl)c2)CCC1. The molecule has 0 spiro atoms. The second-order valence-electron chi connectivity index (χ2n) is 7.41. The number of hydrogen-bond donors (Lipinski definition) is 0. The number of nitrogens with zero attached hydrogens (tertiary/aromatic N) is 1. The molecule has 1 aromatic carbocycles. The summed E-state index contributed by atoms with van der Waals surface area (Å²) in [5, 5.41) is 1.55. The van der Waals surface area contributed by atoms with Crippen LogP contribution in [0.5, 0.6) is 0 Å². The molecular weight excluding hydrogens is 385 g/mol. The molecule has 0 aliphatic heterocycles. The Morgan fingerprint density at radius 2 is 1.85 bits per heavy atom. The van der Waals surface area contributed by atoms with Crippen molar-refractivity contribution in [1.29, 1.82) is 0 Å². The van der Waals surface area contributed by atoms with Gasteiger partial charge in [-0.3, -0.25) is 4.79 Å². The summed E-state index contributed by atoms with van der Waals surface area (Å²) < 4.78 is 0. The number of benzene rings is 1. The van der Waals surface area contributed by atoms with Gasteiger partial charge in [0, 0.05) is 11.8 Å². The molecular formula is C21H31Cl2NOS. The summed E-state index contributed by atoms with van der Waals surface area (Å²) in [4.78, 5) is 15.6. The molecule has 1 aliphatic rings. The van der Waals surface area contributed by atoms with Crippen molar-refractivity contribution in [3.63, 3.8) is 0 Å². The molecule has 5 heteroatoms. The summed E-state index contributed by atoms with van der Waals surface area (Å²) in [6.07, 6.45) is 5.31. The first kappa shape index (κ1) is 22.1. The van der Waals surface area contributed by atoms with Gasteiger partial charge < -0.3 is 4.90 Å². The summed E-state index contributed by atoms with van der Waals surface area (Å²) >= 11 is 14.0. The molecule has 26 heavy (non-hydrogen) atoms. The van der Waals surface area contributed by atoms with Crippen LogP contribution < -0.4 is 0 Å². The van der Waals surface area contributed by atoms with Crippen LogP contribution in [0.2, 0.25) is 10.0 Å². The van der Waals surface area contributed by atoms with Crippen LogP contribution in [0.3, 0.4) is 0 Å². The van der Waals surface area contributed by atoms with Crippen LogP contribution in [0.4, 0.5) is 0 Å². The van der Waals surface area contributed by atoms with E-state index in [1.807, 2.05) is 18.2 Å². The lowest BCUT2D eigenvalue weighted by Crippen LogP contribution is -2.44. The van der Waals surface area contributed by atoms with Gasteiger partial charge in [0.15, 0.2) is 5.78 Å². The fraction of sp³-hybridized carbons (Fsp3) is 0.667. The largest absolute Gasteiger partial charge is 0.302 e. The van der Waals surface area contributed by atoms with E-state index in [-0.39, 0.29) is 5.41 Å². The highest BCUT2D eigenvalue weighted by molar-refractivity contribution is 8.00. The van der Waals surface area contributed by atoms with Crippen molar-refractivity contribution in [2.24, 2.45) is 0 Å². The average molecular weight is 416 g/mol. The summed E-state index contributed by atoms with van der Waals surface area (Å²) in [6.45, 7) is 10.0. The Hall–Kier alpha value is -0.220. The van der Waals surface area contributed by atoms with Crippen LogP contribution in [0, 0.1) is 0 Å². The maximum Gasteiger partial charge on any atom is 0.153 e. The molecule has 0 N–H and O–H groups in total. The number of ketones is 1. The Kier molecular flexibility index (Phi) is 8.79. The zero-order valence-corrected chi connectivity index (χ0v) is 18.5. The van der Waals surface area contributed by atoms with Gasteiger partial charge in [-0.1, -0.05) is 56.5 Å². The smallest absolute Gasteiger partial charge is 0.153 e. The van der Waals surface area contributed by atoms with Crippen LogP contribution in [-0.4, -0.2) is 41.3 Å². The minimum absolute atomic E-state index is 0.340. The lowest BCUT2D eigenvalue weighted by Gasteiger charge is -2.41. The standard InChI is InChI=1S/C21H31Cl2NOS/c1-4-11-24(12-5-2)14-16(3)26-15-20(25)21(9-6-10-21)17-7-8-18(22)19(23)13-17/h7-8,13,16H,4-6,9-12,14-15H2,1-3H3. The highest BCUT2D eigenvalue weighted by atomic mass is 35.5. The molecule has 0 radical (unpaired) electrons. The normalized spacial score (nSPS) is 17.2. The van der Waals surface area contributed by atoms with Gasteiger partial charge >= 0.3 is 0 Å². The highest BCUT2D eigenvalue weighted by Gasteiger charge is 2.45. The van der Waals surface area contributed by atoms with E-state index in [0.29, 0.717) is 26.8 Å². The first-order valence-corrected chi connectivity index (χ1v) is 11.6. The molecule has 1 unspecified atom stereocenters. The maximum absolute atomic E-state index is 13.1. The number of rotatable bonds is 11. The first-order chi connectivity index (χ1) is 12.4. The molecule has 2 nitrogen and oxygen atoms in total. The quantitative estimate of drug-likeness (QED) is 0.427. The molecule has 0 heterocycles. The molecule has 1 aliphatic carbocycles. The van der Waals surface area contributed by atoms with Gasteiger partial charge in [0.2, 0.25) is 0 Å². The Labute approximate surface area is 173 Å². The maximum atomic E-state index is 13.1. The number of carbonyl (C=O) groups excluding carboxylic acids is 1. The van der Waals surface area contributed by atoms with E-state index in [1.165, 1.54) is 12.8 Å². The Bertz CT molecular complexity index is 598. The van der Waals surface area contributed by atoms with Gasteiger partial charge in [-0.25, -0.2) is 0 Å². The minimum Gasteiger partial charge on any atom is -0.302 e. The lowest BCUT2D eigenvalue weighted by atomic mass is 9.62. The molecule has 1 saturated carbocycles. The zero-order valence-electron chi connectivity index (χ0n) is 16.2. The van der Waals surface area contributed by atoms with E-state index in [4.69, 9.17) is 23.2 Å². The van der Waals surface area contributed by atoms with Gasteiger partial charge in [0.25, 0.3) is 0 Å². The number of Topliss-reactive ketones (excluding diaryl/α,β-unsaturated/α-hetero) is 1. The average Bonchev–Trinajstić information content (AvgIpc) is 2.55. The van der Waals surface area contributed by atoms with Crippen molar-refractivity contribution in [3.8, 4) is 0 Å². The predicted molar refractivity (Wildman–Crippen MR) is 116 cm³/mol. The number of hydrogen-bond acceptors (Lipinski definition) is 3. The summed E-state index contributed by atoms with van der Waals surface area (Å²) in [6, 6.07) is 5.68. The lowest BCUT2D eigenvalue weighted by molar-refractivity contribution is -0.125. The number of carbonyl (C=O) groups is 1. The topological polar surface area (TPSA) is 20.3 Å². The fourth-order valence-electron chi connectivity index (χ4n) is 3.75. The first-order valence-electron chi connectivity index (χ1n) is 9.75. The number of halogens is 2. The third-order valence-corrected chi connectivity index (χ3v) is 7.19. The van der Waals surface area contributed by atoms with E-state index in [1.54, 1.807) is 11.8 Å². The van der Waals surface area contributed by atoms with Crippen molar-refractivity contribution in [1.82, 2.24) is 4.90 Å². The second-order valence-corrected chi connectivity index (χ2v) is 9.65. The van der Waals surface area contributed by atoms with Gasteiger partial charge in [-0.15, -0.1) is 11.8 Å². The van der Waals surface area contributed by atoms with Crippen molar-refractivity contribution in [2.45, 2.75) is 63.5 Å². The molecule has 1 atom stereocenters. The molecule has 0 bridgehead atoms. The summed E-state index contributed by atoms with van der Waals surface area (Å²) in [5.41, 5.74) is 0.697. The van der Waals surface area contributed by atoms with Crippen molar-refractivity contribution < 1.29 is 4.79 Å². The van der Waals surface area contributed by atoms with Crippen LogP contribution in [0.15, 0.2) is 18.2 Å². The fourth-order valence-corrected chi connectivity index (χ4v) is 5.08. The Morgan fingerprint density at radius 3 is 2.35 bits per heavy atom. The molecule has 2 rings (SSSR count). The van der Waals surface area contributed by atoms with Crippen molar-refractivity contribution >= 4 is 40.7 Å². The molecule has 0 aromatic heterocycles. The molecule has 0 saturated heterocycles. The van der Waals surface area contributed by atoms with Crippen molar-refractivity contribution in [3.05, 3.63) is 33.8 Å². The van der Waals surface area contributed by atoms with Gasteiger partial charge in [0.1, 0.15) is 0 Å². The predicted octanol–water partition coefficient (Wildman–Crippen LogP) is 6.23. The van der Waals surface area contributed by atoms with E-state index < -0.39 is 0 Å². The minimum atomic E-state index is -0.340. The van der Waals surface area contributed by atoms with Crippen molar-refractivity contribution in [2.75, 3.05) is 25.4 Å². The van der Waals surface area contributed by atoms with Crippen LogP contribution >= 0.6 is 35.0 Å². The van der Waals surface area contributed by atoms with Gasteiger partial charge in [-0.05, 0) is 56.5 Å². The highest BCUT2D eigenvalue weighted by Crippen LogP contribution is 2.46. The van der Waals surface area contributed by atoms with E-state index >= 15 is 0 Å². The molecule has 0 amide bonds. The molecule has 1 fully saturated rings. The summed E-state index contributed by atoms with van der Waals surface area (Å²) in [7, 11) is 0. The second kappa shape index (κ2) is 10.4. The zero-order chi connectivity index (χ0) is 19.2. The van der Waals surface area contributed by atoms with E-state index in [0.717, 1.165) is 44.5 Å². The van der Waals surface area contributed by atoms with Crippen LogP contribution in [0.1, 0.15) is 58.4 Å².